The first-order valence-electron chi connectivity index (χ1n) is 12.4. The summed E-state index contributed by atoms with van der Waals surface area (Å²) in [6.07, 6.45) is 6.55. The zero-order valence-electron chi connectivity index (χ0n) is 22.0. The molecule has 0 bridgehead atoms. The molecule has 0 unspecified atom stereocenters. The minimum Gasteiger partial charge on any atom is -0.367 e. The molecule has 1 aliphatic heterocycles. The first kappa shape index (κ1) is 26.3. The van der Waals surface area contributed by atoms with Crippen LogP contribution in [0.1, 0.15) is 32.3 Å². The van der Waals surface area contributed by atoms with E-state index in [1.807, 2.05) is 6.20 Å². The molecule has 1 aliphatic rings. The molecule has 200 valence electrons. The van der Waals surface area contributed by atoms with Crippen LogP contribution in [0.3, 0.4) is 0 Å². The van der Waals surface area contributed by atoms with Gasteiger partial charge in [-0.1, -0.05) is 31.5 Å². The van der Waals surface area contributed by atoms with Gasteiger partial charge >= 0.3 is 0 Å². The number of fused-ring (bicyclic) bond motifs is 1. The second-order valence-electron chi connectivity index (χ2n) is 10.1. The lowest BCUT2D eigenvalue weighted by atomic mass is 9.87. The maximum atomic E-state index is 11.5. The molecule has 0 saturated carbocycles. The molecule has 38 heavy (non-hydrogen) atoms. The van der Waals surface area contributed by atoms with Gasteiger partial charge in [-0.25, -0.2) is 28.1 Å². The first-order valence-corrected chi connectivity index (χ1v) is 14.7. The minimum absolute atomic E-state index is 0.203. The van der Waals surface area contributed by atoms with Crippen molar-refractivity contribution in [1.82, 2.24) is 29.5 Å². The third-order valence-corrected chi connectivity index (χ3v) is 7.96. The fourth-order valence-electron chi connectivity index (χ4n) is 4.87. The summed E-state index contributed by atoms with van der Waals surface area (Å²) < 4.78 is 27.3. The SMILES string of the molecule is CC(C)c1ccc(N2C[C@@H](CNS(C)(=O)=O)[C@H]2C)c2cnc(Nc3ccnc(-c4cn(C)nc4Cl)n3)cc12. The van der Waals surface area contributed by atoms with Crippen molar-refractivity contribution in [3.8, 4) is 11.4 Å². The molecule has 4 aromatic rings. The molecule has 0 radical (unpaired) electrons. The molecule has 2 atom stereocenters. The summed E-state index contributed by atoms with van der Waals surface area (Å²) in [6, 6.07) is 8.37. The molecule has 0 spiro atoms. The van der Waals surface area contributed by atoms with E-state index in [0.717, 1.165) is 23.0 Å². The number of aromatic nitrogens is 5. The van der Waals surface area contributed by atoms with E-state index in [1.54, 1.807) is 30.2 Å². The Morgan fingerprint density at radius 1 is 1.16 bits per heavy atom. The minimum atomic E-state index is -3.21. The molecule has 4 heterocycles. The molecule has 10 nitrogen and oxygen atoms in total. The van der Waals surface area contributed by atoms with Crippen LogP contribution in [0.25, 0.3) is 22.2 Å². The lowest BCUT2D eigenvalue weighted by molar-refractivity contribution is 0.313. The van der Waals surface area contributed by atoms with Gasteiger partial charge in [0.05, 0.1) is 11.8 Å². The van der Waals surface area contributed by atoms with Gasteiger partial charge in [0.15, 0.2) is 11.0 Å². The Bertz CT molecular complexity index is 1600. The molecule has 1 fully saturated rings. The van der Waals surface area contributed by atoms with Gasteiger partial charge in [0.25, 0.3) is 0 Å². The second kappa shape index (κ2) is 10.1. The highest BCUT2D eigenvalue weighted by Gasteiger charge is 2.36. The number of rotatable bonds is 8. The summed E-state index contributed by atoms with van der Waals surface area (Å²) in [6.45, 7) is 7.70. The average Bonchev–Trinajstić information content (AvgIpc) is 3.19. The quantitative estimate of drug-likeness (QED) is 0.330. The van der Waals surface area contributed by atoms with Gasteiger partial charge in [-0.2, -0.15) is 5.10 Å². The summed E-state index contributed by atoms with van der Waals surface area (Å²) in [5.74, 6) is 2.32. The van der Waals surface area contributed by atoms with Crippen LogP contribution in [0, 0.1) is 5.92 Å². The monoisotopic (exact) mass is 554 g/mol. The largest absolute Gasteiger partial charge is 0.367 e. The molecule has 3 aromatic heterocycles. The summed E-state index contributed by atoms with van der Waals surface area (Å²) in [4.78, 5) is 16.0. The van der Waals surface area contributed by atoms with Crippen molar-refractivity contribution in [2.75, 3.05) is 29.6 Å². The Kier molecular flexibility index (Phi) is 7.01. The van der Waals surface area contributed by atoms with Crippen LogP contribution in [-0.4, -0.2) is 58.5 Å². The highest BCUT2D eigenvalue weighted by Crippen LogP contribution is 2.39. The lowest BCUT2D eigenvalue weighted by Gasteiger charge is -2.48. The number of hydrogen-bond donors (Lipinski definition) is 2. The Balaban J connectivity index is 1.43. The predicted octanol–water partition coefficient (Wildman–Crippen LogP) is 4.32. The number of hydrogen-bond acceptors (Lipinski definition) is 8. The van der Waals surface area contributed by atoms with Gasteiger partial charge in [0, 0.05) is 61.8 Å². The normalized spacial score (nSPS) is 17.7. The van der Waals surface area contributed by atoms with Crippen LogP contribution in [-0.2, 0) is 17.1 Å². The van der Waals surface area contributed by atoms with Crippen molar-refractivity contribution < 1.29 is 8.42 Å². The predicted molar refractivity (Wildman–Crippen MR) is 152 cm³/mol. The maximum Gasteiger partial charge on any atom is 0.208 e. The zero-order valence-corrected chi connectivity index (χ0v) is 23.5. The van der Waals surface area contributed by atoms with E-state index >= 15 is 0 Å². The van der Waals surface area contributed by atoms with E-state index in [-0.39, 0.29) is 12.0 Å². The van der Waals surface area contributed by atoms with Crippen molar-refractivity contribution >= 4 is 49.7 Å². The number of sulfonamides is 1. The topological polar surface area (TPSA) is 118 Å². The maximum absolute atomic E-state index is 11.5. The molecule has 2 N–H and O–H groups in total. The van der Waals surface area contributed by atoms with E-state index in [4.69, 9.17) is 16.6 Å². The highest BCUT2D eigenvalue weighted by molar-refractivity contribution is 7.88. The Morgan fingerprint density at radius 3 is 2.61 bits per heavy atom. The first-order chi connectivity index (χ1) is 18.0. The number of anilines is 3. The number of nitrogens with one attached hydrogen (secondary N) is 2. The van der Waals surface area contributed by atoms with Gasteiger partial charge in [-0.05, 0) is 42.0 Å². The van der Waals surface area contributed by atoms with Crippen molar-refractivity contribution in [3.63, 3.8) is 0 Å². The zero-order chi connectivity index (χ0) is 27.2. The van der Waals surface area contributed by atoms with Crippen molar-refractivity contribution in [2.24, 2.45) is 13.0 Å². The Morgan fingerprint density at radius 2 is 1.95 bits per heavy atom. The van der Waals surface area contributed by atoms with E-state index in [0.29, 0.717) is 40.6 Å². The van der Waals surface area contributed by atoms with E-state index < -0.39 is 10.0 Å². The molecule has 0 aliphatic carbocycles. The number of benzene rings is 1. The Labute approximate surface area is 227 Å². The number of nitrogens with zero attached hydrogens (tertiary/aromatic N) is 6. The second-order valence-corrected chi connectivity index (χ2v) is 12.3. The summed E-state index contributed by atoms with van der Waals surface area (Å²) in [5.41, 5.74) is 2.98. The van der Waals surface area contributed by atoms with Crippen LogP contribution in [0.2, 0.25) is 5.15 Å². The molecular weight excluding hydrogens is 524 g/mol. The van der Waals surface area contributed by atoms with E-state index in [1.165, 1.54) is 11.8 Å². The third-order valence-electron chi connectivity index (χ3n) is 6.99. The fourth-order valence-corrected chi connectivity index (χ4v) is 5.64. The summed E-state index contributed by atoms with van der Waals surface area (Å²) in [7, 11) is -1.41. The lowest BCUT2D eigenvalue weighted by Crippen LogP contribution is -2.58. The fraction of sp³-hybridized carbons (Fsp3) is 0.385. The summed E-state index contributed by atoms with van der Waals surface area (Å²) >= 11 is 6.24. The number of pyridine rings is 1. The van der Waals surface area contributed by atoms with Gasteiger partial charge in [-0.15, -0.1) is 0 Å². The number of halogens is 1. The average molecular weight is 555 g/mol. The molecule has 1 saturated heterocycles. The van der Waals surface area contributed by atoms with Crippen LogP contribution in [0.5, 0.6) is 0 Å². The van der Waals surface area contributed by atoms with Crippen molar-refractivity contribution in [3.05, 3.63) is 53.6 Å². The van der Waals surface area contributed by atoms with Crippen molar-refractivity contribution in [1.29, 1.82) is 0 Å². The van der Waals surface area contributed by atoms with Crippen LogP contribution < -0.4 is 14.9 Å². The molecule has 0 amide bonds. The molecule has 1 aromatic carbocycles. The highest BCUT2D eigenvalue weighted by atomic mass is 35.5. The molecule has 5 rings (SSSR count). The number of aryl methyl sites for hydroxylation is 1. The Hall–Kier alpha value is -3.28. The van der Waals surface area contributed by atoms with Gasteiger partial charge in [-0.3, -0.25) is 4.68 Å². The van der Waals surface area contributed by atoms with E-state index in [9.17, 15) is 8.42 Å². The molecule has 12 heteroatoms. The standard InChI is InChI=1S/C26H31ClN8O2S/c1-15(2)18-6-7-22(35-13-17(16(35)3)11-30-38(5,36)37)20-12-29-24(10-19(18)20)31-23-8-9-28-26(32-23)21-14-34(4)33-25(21)27/h6-10,12,14-17,30H,11,13H2,1-5H3,(H,28,29,31,32)/t16-,17-/m1/s1. The summed E-state index contributed by atoms with van der Waals surface area (Å²) in [5, 5.41) is 10.00. The van der Waals surface area contributed by atoms with Gasteiger partial charge in [0.2, 0.25) is 10.0 Å². The smallest absolute Gasteiger partial charge is 0.208 e. The molecular formula is C26H31ClN8O2S. The van der Waals surface area contributed by atoms with Gasteiger partial charge < -0.3 is 10.2 Å². The van der Waals surface area contributed by atoms with Gasteiger partial charge in [0.1, 0.15) is 11.6 Å². The third kappa shape index (κ3) is 5.31. The van der Waals surface area contributed by atoms with Crippen molar-refractivity contribution in [2.45, 2.75) is 32.7 Å². The van der Waals surface area contributed by atoms with Crippen LogP contribution >= 0.6 is 11.6 Å². The van der Waals surface area contributed by atoms with E-state index in [2.05, 4.69) is 69.0 Å². The van der Waals surface area contributed by atoms with Crippen LogP contribution in [0.15, 0.2) is 42.9 Å². The van der Waals surface area contributed by atoms with Crippen LogP contribution in [0.4, 0.5) is 17.3 Å².